The monoisotopic (exact) mass is 257 g/mol. The zero-order valence-corrected chi connectivity index (χ0v) is 11.8. The third kappa shape index (κ3) is 2.11. The van der Waals surface area contributed by atoms with Gasteiger partial charge in [-0.1, -0.05) is 18.2 Å². The lowest BCUT2D eigenvalue weighted by atomic mass is 10.0. The largest absolute Gasteiger partial charge is 0.323 e. The highest BCUT2D eigenvalue weighted by Crippen LogP contribution is 2.43. The molecule has 0 aliphatic heterocycles. The van der Waals surface area contributed by atoms with Crippen molar-refractivity contribution < 1.29 is 0 Å². The Bertz CT molecular complexity index is 566. The van der Waals surface area contributed by atoms with E-state index in [9.17, 15) is 0 Å². The first-order valence-electron chi connectivity index (χ1n) is 6.58. The predicted octanol–water partition coefficient (Wildman–Crippen LogP) is 4.44. The SMILES string of the molecule is Cc1cccc(-c2ccc(C(N)C3CC3)s2)c1C. The summed E-state index contributed by atoms with van der Waals surface area (Å²) in [6.45, 7) is 4.37. The van der Waals surface area contributed by atoms with Crippen molar-refractivity contribution in [2.45, 2.75) is 32.7 Å². The minimum Gasteiger partial charge on any atom is -0.323 e. The van der Waals surface area contributed by atoms with Crippen LogP contribution >= 0.6 is 11.3 Å². The number of thiophene rings is 1. The Morgan fingerprint density at radius 2 is 1.94 bits per heavy atom. The van der Waals surface area contributed by atoms with Crippen LogP contribution in [0.4, 0.5) is 0 Å². The molecule has 0 amide bonds. The zero-order chi connectivity index (χ0) is 12.7. The number of benzene rings is 1. The van der Waals surface area contributed by atoms with E-state index in [4.69, 9.17) is 5.73 Å². The average Bonchev–Trinajstić information content (AvgIpc) is 3.10. The molecular formula is C16H19NS. The number of hydrogen-bond donors (Lipinski definition) is 1. The van der Waals surface area contributed by atoms with Crippen molar-refractivity contribution in [3.05, 3.63) is 46.3 Å². The van der Waals surface area contributed by atoms with E-state index in [-0.39, 0.29) is 6.04 Å². The fourth-order valence-electron chi connectivity index (χ4n) is 2.38. The maximum Gasteiger partial charge on any atom is 0.0418 e. The summed E-state index contributed by atoms with van der Waals surface area (Å²) in [6.07, 6.45) is 2.61. The zero-order valence-electron chi connectivity index (χ0n) is 10.9. The van der Waals surface area contributed by atoms with Gasteiger partial charge in [-0.15, -0.1) is 11.3 Å². The van der Waals surface area contributed by atoms with E-state index in [0.29, 0.717) is 0 Å². The Labute approximate surface area is 113 Å². The van der Waals surface area contributed by atoms with Crippen molar-refractivity contribution in [1.29, 1.82) is 0 Å². The van der Waals surface area contributed by atoms with Crippen molar-refractivity contribution in [2.24, 2.45) is 11.7 Å². The van der Waals surface area contributed by atoms with Crippen LogP contribution in [0, 0.1) is 19.8 Å². The lowest BCUT2D eigenvalue weighted by Crippen LogP contribution is -2.10. The molecular weight excluding hydrogens is 238 g/mol. The van der Waals surface area contributed by atoms with E-state index in [0.717, 1.165) is 5.92 Å². The van der Waals surface area contributed by atoms with Crippen LogP contribution in [0.1, 0.15) is 34.9 Å². The summed E-state index contributed by atoms with van der Waals surface area (Å²) in [7, 11) is 0. The van der Waals surface area contributed by atoms with E-state index >= 15 is 0 Å². The highest BCUT2D eigenvalue weighted by molar-refractivity contribution is 7.15. The molecule has 3 rings (SSSR count). The second-order valence-corrected chi connectivity index (χ2v) is 6.43. The van der Waals surface area contributed by atoms with Gasteiger partial charge in [-0.05, 0) is 61.4 Å². The van der Waals surface area contributed by atoms with Gasteiger partial charge in [0.2, 0.25) is 0 Å². The Hall–Kier alpha value is -1.12. The van der Waals surface area contributed by atoms with Gasteiger partial charge in [-0.3, -0.25) is 0 Å². The van der Waals surface area contributed by atoms with Gasteiger partial charge in [0.15, 0.2) is 0 Å². The summed E-state index contributed by atoms with van der Waals surface area (Å²) < 4.78 is 0. The molecule has 1 aliphatic rings. The molecule has 1 aromatic heterocycles. The normalized spacial score (nSPS) is 16.8. The molecule has 2 aromatic rings. The van der Waals surface area contributed by atoms with Crippen LogP contribution in [0.3, 0.4) is 0 Å². The number of aryl methyl sites for hydroxylation is 1. The van der Waals surface area contributed by atoms with E-state index in [1.54, 1.807) is 0 Å². The van der Waals surface area contributed by atoms with E-state index in [1.807, 2.05) is 11.3 Å². The maximum absolute atomic E-state index is 6.27. The van der Waals surface area contributed by atoms with Crippen LogP contribution in [0.2, 0.25) is 0 Å². The molecule has 1 saturated carbocycles. The lowest BCUT2D eigenvalue weighted by molar-refractivity contribution is 0.645. The third-order valence-corrected chi connectivity index (χ3v) is 5.18. The topological polar surface area (TPSA) is 26.0 Å². The Kier molecular flexibility index (Phi) is 3.00. The number of nitrogens with two attached hydrogens (primary N) is 1. The Balaban J connectivity index is 1.94. The molecule has 0 bridgehead atoms. The second kappa shape index (κ2) is 4.52. The molecule has 0 spiro atoms. The molecule has 0 saturated heterocycles. The highest BCUT2D eigenvalue weighted by atomic mass is 32.1. The minimum atomic E-state index is 0.258. The first kappa shape index (κ1) is 11.9. The van der Waals surface area contributed by atoms with Gasteiger partial charge in [-0.25, -0.2) is 0 Å². The summed E-state index contributed by atoms with van der Waals surface area (Å²) in [5, 5.41) is 0. The lowest BCUT2D eigenvalue weighted by Gasteiger charge is -2.08. The average molecular weight is 257 g/mol. The van der Waals surface area contributed by atoms with Crippen molar-refractivity contribution in [2.75, 3.05) is 0 Å². The van der Waals surface area contributed by atoms with Crippen LogP contribution in [0.25, 0.3) is 10.4 Å². The molecule has 2 N–H and O–H groups in total. The predicted molar refractivity (Wildman–Crippen MR) is 78.9 cm³/mol. The summed E-state index contributed by atoms with van der Waals surface area (Å²) in [6, 6.07) is 11.2. The van der Waals surface area contributed by atoms with Gasteiger partial charge in [0.05, 0.1) is 0 Å². The summed E-state index contributed by atoms with van der Waals surface area (Å²) in [5.74, 6) is 0.732. The molecule has 1 atom stereocenters. The molecule has 1 aliphatic carbocycles. The summed E-state index contributed by atoms with van der Waals surface area (Å²) in [5.41, 5.74) is 10.4. The number of rotatable bonds is 3. The maximum atomic E-state index is 6.27. The van der Waals surface area contributed by atoms with Gasteiger partial charge in [0, 0.05) is 15.8 Å². The van der Waals surface area contributed by atoms with E-state index < -0.39 is 0 Å². The second-order valence-electron chi connectivity index (χ2n) is 5.31. The van der Waals surface area contributed by atoms with Crippen LogP contribution in [0.5, 0.6) is 0 Å². The van der Waals surface area contributed by atoms with Gasteiger partial charge < -0.3 is 5.73 Å². The van der Waals surface area contributed by atoms with Crippen LogP contribution in [0.15, 0.2) is 30.3 Å². The molecule has 1 heterocycles. The van der Waals surface area contributed by atoms with Gasteiger partial charge in [-0.2, -0.15) is 0 Å². The Morgan fingerprint density at radius 3 is 2.67 bits per heavy atom. The van der Waals surface area contributed by atoms with Crippen LogP contribution in [-0.2, 0) is 0 Å². The fourth-order valence-corrected chi connectivity index (χ4v) is 3.57. The number of hydrogen-bond acceptors (Lipinski definition) is 2. The smallest absolute Gasteiger partial charge is 0.0418 e. The van der Waals surface area contributed by atoms with E-state index in [1.165, 1.54) is 39.3 Å². The fraction of sp³-hybridized carbons (Fsp3) is 0.375. The van der Waals surface area contributed by atoms with E-state index in [2.05, 4.69) is 44.2 Å². The molecule has 0 radical (unpaired) electrons. The van der Waals surface area contributed by atoms with Crippen molar-refractivity contribution in [3.63, 3.8) is 0 Å². The van der Waals surface area contributed by atoms with Gasteiger partial charge >= 0.3 is 0 Å². The molecule has 1 nitrogen and oxygen atoms in total. The van der Waals surface area contributed by atoms with Crippen LogP contribution < -0.4 is 5.73 Å². The molecule has 1 fully saturated rings. The minimum absolute atomic E-state index is 0.258. The van der Waals surface area contributed by atoms with Crippen molar-refractivity contribution >= 4 is 11.3 Å². The van der Waals surface area contributed by atoms with Gasteiger partial charge in [0.25, 0.3) is 0 Å². The third-order valence-electron chi connectivity index (χ3n) is 3.96. The Morgan fingerprint density at radius 1 is 1.17 bits per heavy atom. The van der Waals surface area contributed by atoms with Crippen molar-refractivity contribution in [1.82, 2.24) is 0 Å². The van der Waals surface area contributed by atoms with Gasteiger partial charge in [0.1, 0.15) is 0 Å². The molecule has 2 heteroatoms. The molecule has 18 heavy (non-hydrogen) atoms. The highest BCUT2D eigenvalue weighted by Gasteiger charge is 2.30. The molecule has 1 unspecified atom stereocenters. The molecule has 1 aromatic carbocycles. The first-order chi connectivity index (χ1) is 8.66. The standard InChI is InChI=1S/C16H19NS/c1-10-4-3-5-13(11(10)2)14-8-9-15(18-14)16(17)12-6-7-12/h3-5,8-9,12,16H,6-7,17H2,1-2H3. The molecule has 94 valence electrons. The van der Waals surface area contributed by atoms with Crippen molar-refractivity contribution in [3.8, 4) is 10.4 Å². The first-order valence-corrected chi connectivity index (χ1v) is 7.40. The summed E-state index contributed by atoms with van der Waals surface area (Å²) in [4.78, 5) is 2.69. The quantitative estimate of drug-likeness (QED) is 0.864. The van der Waals surface area contributed by atoms with Crippen LogP contribution in [-0.4, -0.2) is 0 Å². The summed E-state index contributed by atoms with van der Waals surface area (Å²) >= 11 is 1.86.